The molecule has 0 aliphatic heterocycles. The molecule has 1 fully saturated rings. The molecule has 1 unspecified atom stereocenters. The van der Waals surface area contributed by atoms with Crippen LogP contribution in [0.4, 0.5) is 0 Å². The summed E-state index contributed by atoms with van der Waals surface area (Å²) in [5, 5.41) is 2.47. The van der Waals surface area contributed by atoms with Crippen molar-refractivity contribution in [3.05, 3.63) is 70.3 Å². The lowest BCUT2D eigenvalue weighted by Crippen LogP contribution is -2.17. The Bertz CT molecular complexity index is 1330. The summed E-state index contributed by atoms with van der Waals surface area (Å²) < 4.78 is 30.6. The molecule has 2 heterocycles. The molecule has 5 rings (SSSR count). The number of furan rings is 1. The first-order chi connectivity index (χ1) is 14.0. The molecule has 4 aromatic rings. The maximum absolute atomic E-state index is 12.6. The predicted molar refractivity (Wildman–Crippen MR) is 114 cm³/mol. The van der Waals surface area contributed by atoms with Crippen molar-refractivity contribution >= 4 is 33.0 Å². The Labute approximate surface area is 169 Å². The monoisotopic (exact) mass is 408 g/mol. The fourth-order valence-electron chi connectivity index (χ4n) is 3.88. The van der Waals surface area contributed by atoms with Gasteiger partial charge in [0.25, 0.3) is 5.56 Å². The largest absolute Gasteiger partial charge is 0.460 e. The van der Waals surface area contributed by atoms with Gasteiger partial charge >= 0.3 is 0 Å². The molecule has 2 aromatic carbocycles. The van der Waals surface area contributed by atoms with Gasteiger partial charge in [-0.2, -0.15) is 0 Å². The lowest BCUT2D eigenvalue weighted by molar-refractivity contribution is 0.548. The van der Waals surface area contributed by atoms with Crippen LogP contribution >= 0.6 is 0 Å². The first kappa shape index (κ1) is 18.3. The number of hydrogen-bond acceptors (Lipinski definition) is 3. The van der Waals surface area contributed by atoms with Crippen LogP contribution in [0.1, 0.15) is 30.1 Å². The maximum Gasteiger partial charge on any atom is 0.258 e. The van der Waals surface area contributed by atoms with Crippen molar-refractivity contribution < 1.29 is 13.2 Å². The van der Waals surface area contributed by atoms with Crippen molar-refractivity contribution in [1.82, 2.24) is 9.29 Å². The highest BCUT2D eigenvalue weighted by molar-refractivity contribution is 7.77. The van der Waals surface area contributed by atoms with E-state index in [-0.39, 0.29) is 12.1 Å². The molecule has 1 aliphatic rings. The Morgan fingerprint density at radius 3 is 2.66 bits per heavy atom. The molecular weight excluding hydrogens is 388 g/mol. The topological polar surface area (TPSA) is 84.5 Å². The molecule has 0 amide bonds. The van der Waals surface area contributed by atoms with E-state index in [4.69, 9.17) is 8.97 Å². The van der Waals surface area contributed by atoms with Gasteiger partial charge in [-0.05, 0) is 48.1 Å². The van der Waals surface area contributed by atoms with Crippen LogP contribution in [0.2, 0.25) is 0 Å². The Hall–Kier alpha value is -2.74. The number of fused-ring (bicyclic) bond motifs is 2. The summed E-state index contributed by atoms with van der Waals surface area (Å²) in [6, 6.07) is 13.6. The first-order valence-electron chi connectivity index (χ1n) is 9.51. The van der Waals surface area contributed by atoms with E-state index in [1.165, 1.54) is 0 Å². The fourth-order valence-corrected chi connectivity index (χ4v) is 4.17. The summed E-state index contributed by atoms with van der Waals surface area (Å²) in [5.41, 5.74) is 3.38. The van der Waals surface area contributed by atoms with E-state index in [1.807, 2.05) is 42.6 Å². The SMILES string of the molecule is Cn1cc(-c2cc(CNS(=O)O)cc3cc(C4CC4)oc23)c2ccccc2c1=O. The van der Waals surface area contributed by atoms with E-state index in [9.17, 15) is 9.00 Å². The molecule has 29 heavy (non-hydrogen) atoms. The number of pyridine rings is 1. The summed E-state index contributed by atoms with van der Waals surface area (Å²) in [7, 11) is 1.74. The lowest BCUT2D eigenvalue weighted by Gasteiger charge is -2.12. The number of nitrogens with one attached hydrogen (secondary N) is 1. The predicted octanol–water partition coefficient (Wildman–Crippen LogP) is 4.06. The van der Waals surface area contributed by atoms with E-state index in [2.05, 4.69) is 10.8 Å². The molecule has 2 N–H and O–H groups in total. The normalized spacial score (nSPS) is 15.2. The minimum absolute atomic E-state index is 0.0489. The second-order valence-corrected chi connectivity index (χ2v) is 8.35. The van der Waals surface area contributed by atoms with Crippen LogP contribution in [-0.4, -0.2) is 13.3 Å². The van der Waals surface area contributed by atoms with Gasteiger partial charge in [0.2, 0.25) is 11.3 Å². The van der Waals surface area contributed by atoms with Crippen molar-refractivity contribution in [1.29, 1.82) is 0 Å². The summed E-state index contributed by atoms with van der Waals surface area (Å²) >= 11 is -2.09. The highest BCUT2D eigenvalue weighted by atomic mass is 32.2. The third-order valence-corrected chi connectivity index (χ3v) is 5.85. The van der Waals surface area contributed by atoms with Gasteiger partial charge in [0, 0.05) is 47.6 Å². The first-order valence-corrected chi connectivity index (χ1v) is 10.6. The molecule has 7 heteroatoms. The highest BCUT2D eigenvalue weighted by Gasteiger charge is 2.28. The fraction of sp³-hybridized carbons (Fsp3) is 0.227. The van der Waals surface area contributed by atoms with Crippen LogP contribution in [0.15, 0.2) is 57.9 Å². The zero-order valence-electron chi connectivity index (χ0n) is 15.8. The van der Waals surface area contributed by atoms with Crippen LogP contribution in [0, 0.1) is 0 Å². The molecule has 0 saturated heterocycles. The molecule has 1 aliphatic carbocycles. The minimum atomic E-state index is -2.09. The summed E-state index contributed by atoms with van der Waals surface area (Å²) in [6.07, 6.45) is 4.10. The van der Waals surface area contributed by atoms with Gasteiger partial charge in [0.15, 0.2) is 0 Å². The summed E-state index contributed by atoms with van der Waals surface area (Å²) in [5.74, 6) is 1.45. The van der Waals surface area contributed by atoms with Crippen LogP contribution in [-0.2, 0) is 24.9 Å². The summed E-state index contributed by atoms with van der Waals surface area (Å²) in [4.78, 5) is 12.6. The van der Waals surface area contributed by atoms with Gasteiger partial charge in [-0.1, -0.05) is 18.2 Å². The maximum atomic E-state index is 12.6. The summed E-state index contributed by atoms with van der Waals surface area (Å²) in [6.45, 7) is 0.250. The average molecular weight is 408 g/mol. The Balaban J connectivity index is 1.79. The van der Waals surface area contributed by atoms with Crippen LogP contribution in [0.25, 0.3) is 32.9 Å². The lowest BCUT2D eigenvalue weighted by atomic mass is 9.97. The highest BCUT2D eigenvalue weighted by Crippen LogP contribution is 2.44. The van der Waals surface area contributed by atoms with E-state index in [0.717, 1.165) is 51.6 Å². The minimum Gasteiger partial charge on any atom is -0.460 e. The van der Waals surface area contributed by atoms with Crippen LogP contribution in [0.3, 0.4) is 0 Å². The second kappa shape index (κ2) is 6.95. The number of nitrogens with zero attached hydrogens (tertiary/aromatic N) is 1. The van der Waals surface area contributed by atoms with Crippen LogP contribution in [0.5, 0.6) is 0 Å². The Kier molecular flexibility index (Phi) is 4.38. The van der Waals surface area contributed by atoms with Gasteiger partial charge in [-0.25, -0.2) is 8.93 Å². The number of hydrogen-bond donors (Lipinski definition) is 2. The molecule has 1 saturated carbocycles. The zero-order valence-corrected chi connectivity index (χ0v) is 16.7. The molecule has 1 atom stereocenters. The van der Waals surface area contributed by atoms with E-state index >= 15 is 0 Å². The van der Waals surface area contributed by atoms with Gasteiger partial charge < -0.3 is 8.98 Å². The van der Waals surface area contributed by atoms with Gasteiger partial charge in [-0.3, -0.25) is 9.35 Å². The van der Waals surface area contributed by atoms with Gasteiger partial charge in [0.05, 0.1) is 0 Å². The average Bonchev–Trinajstić information content (AvgIpc) is 3.48. The smallest absolute Gasteiger partial charge is 0.258 e. The number of aryl methyl sites for hydroxylation is 1. The third-order valence-electron chi connectivity index (χ3n) is 5.46. The van der Waals surface area contributed by atoms with Crippen LogP contribution < -0.4 is 10.3 Å². The molecule has 0 bridgehead atoms. The van der Waals surface area contributed by atoms with E-state index in [0.29, 0.717) is 11.3 Å². The number of aromatic nitrogens is 1. The molecule has 2 aromatic heterocycles. The van der Waals surface area contributed by atoms with Crippen molar-refractivity contribution in [2.24, 2.45) is 7.05 Å². The molecule has 0 spiro atoms. The molecule has 6 nitrogen and oxygen atoms in total. The zero-order chi connectivity index (χ0) is 20.1. The van der Waals surface area contributed by atoms with Crippen molar-refractivity contribution in [2.75, 3.05) is 0 Å². The number of rotatable bonds is 5. The van der Waals surface area contributed by atoms with Gasteiger partial charge in [-0.15, -0.1) is 0 Å². The standard InChI is InChI=1S/C22H20N2O4S/c1-24-12-19(16-4-2-3-5-17(16)22(24)25)18-9-13(11-23-29(26)27)8-15-10-20(14-6-7-14)28-21(15)18/h2-5,8-10,12,14,23H,6-7,11H2,1H3,(H,26,27). The molecular formula is C22H20N2O4S. The molecule has 0 radical (unpaired) electrons. The number of benzene rings is 2. The second-order valence-electron chi connectivity index (χ2n) is 7.56. The van der Waals surface area contributed by atoms with Gasteiger partial charge in [0.1, 0.15) is 11.3 Å². The quantitative estimate of drug-likeness (QED) is 0.488. The van der Waals surface area contributed by atoms with E-state index < -0.39 is 11.3 Å². The molecule has 148 valence electrons. The Morgan fingerprint density at radius 2 is 1.93 bits per heavy atom. The van der Waals surface area contributed by atoms with Crippen molar-refractivity contribution in [2.45, 2.75) is 25.3 Å². The van der Waals surface area contributed by atoms with Crippen molar-refractivity contribution in [3.63, 3.8) is 0 Å². The Morgan fingerprint density at radius 1 is 1.17 bits per heavy atom. The third kappa shape index (κ3) is 3.31. The van der Waals surface area contributed by atoms with Crippen molar-refractivity contribution in [3.8, 4) is 11.1 Å². The van der Waals surface area contributed by atoms with E-state index in [1.54, 1.807) is 11.6 Å².